The SMILES string of the molecule is CC(C)c1ccc(-c2cc(=O)[nH][nH]c2=O)cc1. The second kappa shape index (κ2) is 4.41. The molecular weight excluding hydrogens is 216 g/mol. The molecule has 0 atom stereocenters. The molecule has 0 aliphatic heterocycles. The highest BCUT2D eigenvalue weighted by atomic mass is 16.1. The van der Waals surface area contributed by atoms with Crippen LogP contribution in [0.4, 0.5) is 0 Å². The van der Waals surface area contributed by atoms with Gasteiger partial charge < -0.3 is 0 Å². The Balaban J connectivity index is 2.50. The number of hydrogen-bond acceptors (Lipinski definition) is 2. The van der Waals surface area contributed by atoms with Crippen molar-refractivity contribution in [2.75, 3.05) is 0 Å². The molecule has 0 fully saturated rings. The van der Waals surface area contributed by atoms with Crippen LogP contribution in [0.15, 0.2) is 39.9 Å². The van der Waals surface area contributed by atoms with Gasteiger partial charge in [-0.15, -0.1) is 0 Å². The van der Waals surface area contributed by atoms with Crippen LogP contribution in [0.2, 0.25) is 0 Å². The topological polar surface area (TPSA) is 65.7 Å². The average molecular weight is 230 g/mol. The molecule has 88 valence electrons. The quantitative estimate of drug-likeness (QED) is 0.826. The van der Waals surface area contributed by atoms with Crippen molar-refractivity contribution in [2.45, 2.75) is 19.8 Å². The number of benzene rings is 1. The summed E-state index contributed by atoms with van der Waals surface area (Å²) in [6, 6.07) is 8.98. The minimum atomic E-state index is -0.312. The molecule has 0 aliphatic carbocycles. The van der Waals surface area contributed by atoms with Gasteiger partial charge in [-0.05, 0) is 17.0 Å². The Morgan fingerprint density at radius 2 is 1.65 bits per heavy atom. The molecule has 1 heterocycles. The van der Waals surface area contributed by atoms with Crippen molar-refractivity contribution in [3.05, 3.63) is 56.6 Å². The summed E-state index contributed by atoms with van der Waals surface area (Å²) in [6.07, 6.45) is 0. The lowest BCUT2D eigenvalue weighted by Crippen LogP contribution is -2.19. The Morgan fingerprint density at radius 3 is 2.24 bits per heavy atom. The number of rotatable bonds is 2. The van der Waals surface area contributed by atoms with Gasteiger partial charge in [0, 0.05) is 6.07 Å². The van der Waals surface area contributed by atoms with Gasteiger partial charge in [0.05, 0.1) is 5.56 Å². The van der Waals surface area contributed by atoms with Crippen LogP contribution in [-0.2, 0) is 0 Å². The van der Waals surface area contributed by atoms with Crippen molar-refractivity contribution in [3.63, 3.8) is 0 Å². The van der Waals surface area contributed by atoms with Gasteiger partial charge in [0.2, 0.25) is 0 Å². The smallest absolute Gasteiger partial charge is 0.268 e. The lowest BCUT2D eigenvalue weighted by Gasteiger charge is -2.06. The molecule has 0 aliphatic rings. The largest absolute Gasteiger partial charge is 0.270 e. The van der Waals surface area contributed by atoms with E-state index in [9.17, 15) is 9.59 Å². The molecule has 0 spiro atoms. The Labute approximate surface area is 98.3 Å². The molecule has 0 amide bonds. The van der Waals surface area contributed by atoms with Crippen molar-refractivity contribution in [3.8, 4) is 11.1 Å². The third kappa shape index (κ3) is 2.36. The molecule has 0 bridgehead atoms. The Morgan fingerprint density at radius 1 is 1.00 bits per heavy atom. The Hall–Kier alpha value is -2.10. The van der Waals surface area contributed by atoms with Crippen molar-refractivity contribution < 1.29 is 0 Å². The molecule has 2 rings (SSSR count). The van der Waals surface area contributed by atoms with Crippen LogP contribution < -0.4 is 11.1 Å². The zero-order chi connectivity index (χ0) is 12.4. The van der Waals surface area contributed by atoms with E-state index in [1.807, 2.05) is 24.3 Å². The molecular formula is C13H14N2O2. The minimum absolute atomic E-state index is 0.290. The third-order valence-electron chi connectivity index (χ3n) is 2.71. The predicted molar refractivity (Wildman–Crippen MR) is 67.2 cm³/mol. The summed E-state index contributed by atoms with van der Waals surface area (Å²) in [7, 11) is 0. The fraction of sp³-hybridized carbons (Fsp3) is 0.231. The van der Waals surface area contributed by atoms with Gasteiger partial charge in [-0.1, -0.05) is 38.1 Å². The fourth-order valence-corrected chi connectivity index (χ4v) is 1.68. The van der Waals surface area contributed by atoms with E-state index in [0.717, 1.165) is 5.56 Å². The van der Waals surface area contributed by atoms with E-state index in [2.05, 4.69) is 24.0 Å². The number of H-pyrrole nitrogens is 2. The monoisotopic (exact) mass is 230 g/mol. The van der Waals surface area contributed by atoms with Gasteiger partial charge in [-0.25, -0.2) is 0 Å². The molecule has 2 aromatic rings. The summed E-state index contributed by atoms with van der Waals surface area (Å²) in [6.45, 7) is 4.21. The van der Waals surface area contributed by atoms with Crippen LogP contribution in [0.25, 0.3) is 11.1 Å². The lowest BCUT2D eigenvalue weighted by molar-refractivity contribution is 0.867. The molecule has 17 heavy (non-hydrogen) atoms. The van der Waals surface area contributed by atoms with E-state index < -0.39 is 0 Å². The predicted octanol–water partition coefficient (Wildman–Crippen LogP) is 1.85. The van der Waals surface area contributed by atoms with Gasteiger partial charge >= 0.3 is 0 Å². The summed E-state index contributed by atoms with van der Waals surface area (Å²) in [5.41, 5.74) is 1.75. The van der Waals surface area contributed by atoms with Gasteiger partial charge in [0.25, 0.3) is 11.1 Å². The maximum atomic E-state index is 11.6. The van der Waals surface area contributed by atoms with E-state index in [1.54, 1.807) is 0 Å². The molecule has 2 N–H and O–H groups in total. The molecule has 4 heteroatoms. The van der Waals surface area contributed by atoms with E-state index in [4.69, 9.17) is 0 Å². The lowest BCUT2D eigenvalue weighted by atomic mass is 10.00. The summed E-state index contributed by atoms with van der Waals surface area (Å²) in [4.78, 5) is 22.7. The first-order valence-electron chi connectivity index (χ1n) is 5.50. The normalized spacial score (nSPS) is 10.8. The van der Waals surface area contributed by atoms with E-state index in [-0.39, 0.29) is 11.1 Å². The highest BCUT2D eigenvalue weighted by Crippen LogP contribution is 2.19. The molecule has 0 saturated heterocycles. The highest BCUT2D eigenvalue weighted by molar-refractivity contribution is 5.62. The van der Waals surface area contributed by atoms with Crippen LogP contribution in [0.5, 0.6) is 0 Å². The first-order valence-corrected chi connectivity index (χ1v) is 5.50. The number of aromatic nitrogens is 2. The van der Waals surface area contributed by atoms with E-state index in [0.29, 0.717) is 11.5 Å². The van der Waals surface area contributed by atoms with Crippen molar-refractivity contribution in [1.82, 2.24) is 10.2 Å². The molecule has 0 unspecified atom stereocenters. The standard InChI is InChI=1S/C13H14N2O2/c1-8(2)9-3-5-10(6-4-9)11-7-12(16)14-15-13(11)17/h3-8H,1-2H3,(H,14,16)(H,15,17). The minimum Gasteiger partial charge on any atom is -0.268 e. The van der Waals surface area contributed by atoms with Crippen LogP contribution in [0.3, 0.4) is 0 Å². The summed E-state index contributed by atoms with van der Waals surface area (Å²) >= 11 is 0. The average Bonchev–Trinajstić information content (AvgIpc) is 2.32. The van der Waals surface area contributed by atoms with Gasteiger partial charge in [-0.3, -0.25) is 19.8 Å². The van der Waals surface area contributed by atoms with Crippen molar-refractivity contribution >= 4 is 0 Å². The van der Waals surface area contributed by atoms with E-state index >= 15 is 0 Å². The molecule has 1 aromatic carbocycles. The Kier molecular flexibility index (Phi) is 2.95. The van der Waals surface area contributed by atoms with Gasteiger partial charge in [0.1, 0.15) is 0 Å². The zero-order valence-electron chi connectivity index (χ0n) is 9.78. The number of nitrogens with one attached hydrogen (secondary N) is 2. The number of hydrogen-bond donors (Lipinski definition) is 2. The first-order chi connectivity index (χ1) is 8.08. The van der Waals surface area contributed by atoms with Crippen molar-refractivity contribution in [2.24, 2.45) is 0 Å². The highest BCUT2D eigenvalue weighted by Gasteiger charge is 2.05. The summed E-state index contributed by atoms with van der Waals surface area (Å²) < 4.78 is 0. The first kappa shape index (κ1) is 11.4. The van der Waals surface area contributed by atoms with Crippen LogP contribution in [0, 0.1) is 0 Å². The second-order valence-electron chi connectivity index (χ2n) is 4.28. The molecule has 0 radical (unpaired) electrons. The van der Waals surface area contributed by atoms with Crippen LogP contribution in [-0.4, -0.2) is 10.2 Å². The van der Waals surface area contributed by atoms with Gasteiger partial charge in [0.15, 0.2) is 0 Å². The zero-order valence-corrected chi connectivity index (χ0v) is 9.78. The summed E-state index contributed by atoms with van der Waals surface area (Å²) in [5.74, 6) is 0.446. The maximum absolute atomic E-state index is 11.6. The third-order valence-corrected chi connectivity index (χ3v) is 2.71. The van der Waals surface area contributed by atoms with Crippen molar-refractivity contribution in [1.29, 1.82) is 0 Å². The fourth-order valence-electron chi connectivity index (χ4n) is 1.68. The molecule has 1 aromatic heterocycles. The molecule has 0 saturated carbocycles. The second-order valence-corrected chi connectivity index (χ2v) is 4.28. The van der Waals surface area contributed by atoms with E-state index in [1.165, 1.54) is 11.6 Å². The van der Waals surface area contributed by atoms with Gasteiger partial charge in [-0.2, -0.15) is 0 Å². The molecule has 4 nitrogen and oxygen atoms in total. The maximum Gasteiger partial charge on any atom is 0.270 e. The number of aromatic amines is 2. The van der Waals surface area contributed by atoms with Crippen LogP contribution >= 0.6 is 0 Å². The summed E-state index contributed by atoms with van der Waals surface area (Å²) in [5, 5.41) is 4.56. The Bertz CT molecular complexity index is 621. The van der Waals surface area contributed by atoms with Crippen LogP contribution in [0.1, 0.15) is 25.3 Å².